The van der Waals surface area contributed by atoms with Gasteiger partial charge < -0.3 is 15.6 Å². The molecule has 0 aliphatic carbocycles. The summed E-state index contributed by atoms with van der Waals surface area (Å²) in [5.74, 6) is 0.854. The first-order chi connectivity index (χ1) is 11.6. The van der Waals surface area contributed by atoms with Crippen molar-refractivity contribution in [3.63, 3.8) is 0 Å². The fourth-order valence-electron chi connectivity index (χ4n) is 2.28. The smallest absolute Gasteiger partial charge is 0.226 e. The van der Waals surface area contributed by atoms with Gasteiger partial charge in [-0.1, -0.05) is 36.5 Å². The Bertz CT molecular complexity index is 862. The minimum atomic E-state index is 0.282. The molecule has 3 aromatic heterocycles. The molecule has 0 unspecified atom stereocenters. The van der Waals surface area contributed by atoms with Crippen molar-refractivity contribution in [3.8, 4) is 0 Å². The lowest BCUT2D eigenvalue weighted by molar-refractivity contribution is 0.805. The molecule has 3 rings (SSSR count). The zero-order valence-electron chi connectivity index (χ0n) is 13.1. The van der Waals surface area contributed by atoms with Gasteiger partial charge in [-0.15, -0.1) is 0 Å². The lowest BCUT2D eigenvalue weighted by Crippen LogP contribution is -2.08. The van der Waals surface area contributed by atoms with Crippen LogP contribution in [0.15, 0.2) is 18.6 Å². The van der Waals surface area contributed by atoms with Crippen LogP contribution in [0.1, 0.15) is 25.3 Å². The first-order valence-corrected chi connectivity index (χ1v) is 8.36. The Hall–Kier alpha value is -2.12. The van der Waals surface area contributed by atoms with E-state index in [9.17, 15) is 0 Å². The maximum absolute atomic E-state index is 6.02. The van der Waals surface area contributed by atoms with E-state index in [4.69, 9.17) is 28.9 Å². The van der Waals surface area contributed by atoms with Crippen LogP contribution in [-0.2, 0) is 6.54 Å². The van der Waals surface area contributed by atoms with Crippen LogP contribution in [0.5, 0.6) is 0 Å². The molecule has 3 heterocycles. The highest BCUT2D eigenvalue weighted by Crippen LogP contribution is 2.22. The Kier molecular flexibility index (Phi) is 5.01. The van der Waals surface area contributed by atoms with Gasteiger partial charge in [-0.3, -0.25) is 0 Å². The third kappa shape index (κ3) is 3.52. The molecular weight excluding hydrogens is 349 g/mol. The Balaban J connectivity index is 1.91. The molecule has 0 saturated carbocycles. The van der Waals surface area contributed by atoms with Gasteiger partial charge in [-0.25, -0.2) is 9.97 Å². The molecule has 9 heteroatoms. The van der Waals surface area contributed by atoms with Gasteiger partial charge in [-0.05, 0) is 18.1 Å². The van der Waals surface area contributed by atoms with Crippen LogP contribution in [0.3, 0.4) is 0 Å². The first-order valence-electron chi connectivity index (χ1n) is 7.60. The van der Waals surface area contributed by atoms with Crippen LogP contribution >= 0.6 is 23.2 Å². The maximum Gasteiger partial charge on any atom is 0.226 e. The fourth-order valence-corrected chi connectivity index (χ4v) is 2.57. The van der Waals surface area contributed by atoms with Crippen LogP contribution in [0.25, 0.3) is 11.2 Å². The minimum absolute atomic E-state index is 0.282. The second-order valence-corrected chi connectivity index (χ2v) is 6.14. The second kappa shape index (κ2) is 7.19. The summed E-state index contributed by atoms with van der Waals surface area (Å²) in [7, 11) is 0. The van der Waals surface area contributed by atoms with Gasteiger partial charge in [-0.2, -0.15) is 9.97 Å². The number of rotatable bonds is 6. The number of pyridine rings is 1. The summed E-state index contributed by atoms with van der Waals surface area (Å²) in [6.07, 6.45) is 5.47. The number of nitrogens with two attached hydrogens (primary N) is 1. The zero-order valence-corrected chi connectivity index (χ0v) is 14.6. The lowest BCUT2D eigenvalue weighted by atomic mass is 10.3. The monoisotopic (exact) mass is 365 g/mol. The summed E-state index contributed by atoms with van der Waals surface area (Å²) in [5.41, 5.74) is 8.12. The van der Waals surface area contributed by atoms with Gasteiger partial charge >= 0.3 is 0 Å². The largest absolute Gasteiger partial charge is 0.382 e. The molecule has 3 N–H and O–H groups in total. The van der Waals surface area contributed by atoms with Gasteiger partial charge in [0.2, 0.25) is 5.95 Å². The highest BCUT2D eigenvalue weighted by atomic mass is 35.5. The quantitative estimate of drug-likeness (QED) is 0.513. The van der Waals surface area contributed by atoms with Crippen molar-refractivity contribution in [2.45, 2.75) is 26.3 Å². The number of imidazole rings is 1. The van der Waals surface area contributed by atoms with Gasteiger partial charge in [0.25, 0.3) is 0 Å². The SMILES string of the molecule is CCCCNc1nc(N)c2ncn(Cc3cnc(Cl)c(Cl)c3)c2n1. The fraction of sp³-hybridized carbons (Fsp3) is 0.333. The van der Waals surface area contributed by atoms with E-state index in [2.05, 4.69) is 32.2 Å². The predicted molar refractivity (Wildman–Crippen MR) is 96.5 cm³/mol. The van der Waals surface area contributed by atoms with Gasteiger partial charge in [0.15, 0.2) is 11.5 Å². The first kappa shape index (κ1) is 16.7. The van der Waals surface area contributed by atoms with Gasteiger partial charge in [0.05, 0.1) is 17.9 Å². The van der Waals surface area contributed by atoms with Crippen molar-refractivity contribution in [1.29, 1.82) is 0 Å². The summed E-state index contributed by atoms with van der Waals surface area (Å²) in [6, 6.07) is 1.77. The number of hydrogen-bond donors (Lipinski definition) is 2. The van der Waals surface area contributed by atoms with E-state index in [0.29, 0.717) is 34.5 Å². The molecule has 0 aliphatic heterocycles. The molecule has 0 amide bonds. The normalized spacial score (nSPS) is 11.1. The van der Waals surface area contributed by atoms with E-state index in [1.54, 1.807) is 18.6 Å². The molecule has 0 fully saturated rings. The summed E-state index contributed by atoms with van der Waals surface area (Å²) in [6.45, 7) is 3.43. The molecule has 0 radical (unpaired) electrons. The number of unbranched alkanes of at least 4 members (excludes halogenated alkanes) is 1. The summed E-state index contributed by atoms with van der Waals surface area (Å²) in [5, 5.41) is 3.88. The topological polar surface area (TPSA) is 94.5 Å². The molecule has 24 heavy (non-hydrogen) atoms. The van der Waals surface area contributed by atoms with E-state index < -0.39 is 0 Å². The number of hydrogen-bond acceptors (Lipinski definition) is 6. The second-order valence-electron chi connectivity index (χ2n) is 5.37. The Morgan fingerprint density at radius 3 is 2.83 bits per heavy atom. The molecule has 0 spiro atoms. The van der Waals surface area contributed by atoms with Crippen molar-refractivity contribution >= 4 is 46.1 Å². The van der Waals surface area contributed by atoms with Crippen LogP contribution in [-0.4, -0.2) is 31.0 Å². The Morgan fingerprint density at radius 2 is 2.08 bits per heavy atom. The molecule has 0 saturated heterocycles. The third-order valence-corrected chi connectivity index (χ3v) is 4.20. The Labute approximate surface area is 149 Å². The van der Waals surface area contributed by atoms with Crippen molar-refractivity contribution in [2.75, 3.05) is 17.6 Å². The molecule has 0 atom stereocenters. The number of nitrogens with zero attached hydrogens (tertiary/aromatic N) is 5. The summed E-state index contributed by atoms with van der Waals surface area (Å²) in [4.78, 5) is 17.1. The Morgan fingerprint density at radius 1 is 1.25 bits per heavy atom. The van der Waals surface area contributed by atoms with Crippen LogP contribution < -0.4 is 11.1 Å². The summed E-state index contributed by atoms with van der Waals surface area (Å²) < 4.78 is 1.87. The van der Waals surface area contributed by atoms with E-state index >= 15 is 0 Å². The standard InChI is InChI=1S/C15H17Cl2N7/c1-2-3-4-19-15-22-13(18)11-14(23-15)24(8-21-11)7-9-5-10(16)12(17)20-6-9/h5-6,8H,2-4,7H2,1H3,(H3,18,19,22,23). The van der Waals surface area contributed by atoms with E-state index in [0.717, 1.165) is 24.9 Å². The van der Waals surface area contributed by atoms with Crippen molar-refractivity contribution in [3.05, 3.63) is 34.3 Å². The van der Waals surface area contributed by atoms with Crippen molar-refractivity contribution in [1.82, 2.24) is 24.5 Å². The predicted octanol–water partition coefficient (Wildman–Crippen LogP) is 3.37. The van der Waals surface area contributed by atoms with Crippen LogP contribution in [0, 0.1) is 0 Å². The molecule has 7 nitrogen and oxygen atoms in total. The number of aromatic nitrogens is 5. The molecule has 3 aromatic rings. The number of nitrogens with one attached hydrogen (secondary N) is 1. The van der Waals surface area contributed by atoms with Crippen LogP contribution in [0.2, 0.25) is 10.2 Å². The maximum atomic E-state index is 6.02. The van der Waals surface area contributed by atoms with Crippen molar-refractivity contribution < 1.29 is 0 Å². The van der Waals surface area contributed by atoms with E-state index in [1.165, 1.54) is 0 Å². The number of halogens is 2. The third-order valence-electron chi connectivity index (χ3n) is 3.51. The van der Waals surface area contributed by atoms with E-state index in [1.807, 2.05) is 4.57 Å². The highest BCUT2D eigenvalue weighted by molar-refractivity contribution is 6.41. The number of anilines is 2. The van der Waals surface area contributed by atoms with Crippen molar-refractivity contribution in [2.24, 2.45) is 0 Å². The lowest BCUT2D eigenvalue weighted by Gasteiger charge is -2.08. The molecule has 0 bridgehead atoms. The van der Waals surface area contributed by atoms with Gasteiger partial charge in [0, 0.05) is 12.7 Å². The van der Waals surface area contributed by atoms with Crippen LogP contribution in [0.4, 0.5) is 11.8 Å². The van der Waals surface area contributed by atoms with Gasteiger partial charge in [0.1, 0.15) is 10.7 Å². The average molecular weight is 366 g/mol. The molecule has 0 aromatic carbocycles. The zero-order chi connectivity index (χ0) is 17.1. The highest BCUT2D eigenvalue weighted by Gasteiger charge is 2.12. The molecule has 126 valence electrons. The summed E-state index contributed by atoms with van der Waals surface area (Å²) >= 11 is 11.9. The minimum Gasteiger partial charge on any atom is -0.382 e. The van der Waals surface area contributed by atoms with E-state index in [-0.39, 0.29) is 5.15 Å². The molecular formula is C15H17Cl2N7. The number of fused-ring (bicyclic) bond motifs is 1. The average Bonchev–Trinajstić information content (AvgIpc) is 2.95. The number of nitrogen functional groups attached to an aromatic ring is 1. The molecule has 0 aliphatic rings.